The molecule has 2 N–H and O–H groups in total. The molecule has 1 aliphatic carbocycles. The number of rotatable bonds is 5. The van der Waals surface area contributed by atoms with E-state index in [1.807, 2.05) is 31.2 Å². The SMILES string of the molecule is Cc1ccc(CC(CC2(O)CCCCC2)C(=O)O)cc1. The molecule has 0 radical (unpaired) electrons. The van der Waals surface area contributed by atoms with Crippen LogP contribution in [0.15, 0.2) is 24.3 Å². The van der Waals surface area contributed by atoms with Crippen LogP contribution in [0.3, 0.4) is 0 Å². The maximum Gasteiger partial charge on any atom is 0.306 e. The number of aryl methyl sites for hydroxylation is 1. The summed E-state index contributed by atoms with van der Waals surface area (Å²) in [6.45, 7) is 2.02. The van der Waals surface area contributed by atoms with Gasteiger partial charge in [0.15, 0.2) is 0 Å². The number of carboxylic acids is 1. The first-order valence-corrected chi connectivity index (χ1v) is 7.49. The number of benzene rings is 1. The second-order valence-electron chi connectivity index (χ2n) is 6.21. The Balaban J connectivity index is 2.03. The maximum absolute atomic E-state index is 11.5. The number of hydrogen-bond acceptors (Lipinski definition) is 2. The van der Waals surface area contributed by atoms with Gasteiger partial charge < -0.3 is 10.2 Å². The molecule has 3 heteroatoms. The predicted octanol–water partition coefficient (Wildman–Crippen LogP) is 3.32. The summed E-state index contributed by atoms with van der Waals surface area (Å²) in [4.78, 5) is 11.5. The third-order valence-electron chi connectivity index (χ3n) is 4.36. The van der Waals surface area contributed by atoms with Gasteiger partial charge in [0.2, 0.25) is 0 Å². The summed E-state index contributed by atoms with van der Waals surface area (Å²) in [6.07, 6.45) is 5.52. The molecule has 1 atom stereocenters. The Hall–Kier alpha value is -1.35. The Morgan fingerprint density at radius 1 is 1.20 bits per heavy atom. The second kappa shape index (κ2) is 6.40. The van der Waals surface area contributed by atoms with E-state index in [-0.39, 0.29) is 0 Å². The van der Waals surface area contributed by atoms with Gasteiger partial charge in [0.1, 0.15) is 0 Å². The molecular formula is C17H24O3. The molecular weight excluding hydrogens is 252 g/mol. The Morgan fingerprint density at radius 3 is 2.35 bits per heavy atom. The van der Waals surface area contributed by atoms with Crippen molar-refractivity contribution < 1.29 is 15.0 Å². The van der Waals surface area contributed by atoms with E-state index in [1.165, 1.54) is 5.56 Å². The fourth-order valence-corrected chi connectivity index (χ4v) is 3.13. The summed E-state index contributed by atoms with van der Waals surface area (Å²) in [6, 6.07) is 7.97. The number of carboxylic acid groups (broad SMARTS) is 1. The first kappa shape index (κ1) is 15.0. The Bertz CT molecular complexity index is 444. The topological polar surface area (TPSA) is 57.5 Å². The minimum absolute atomic E-state index is 0.371. The highest BCUT2D eigenvalue weighted by Gasteiger charge is 2.34. The largest absolute Gasteiger partial charge is 0.481 e. The van der Waals surface area contributed by atoms with Crippen LogP contribution < -0.4 is 0 Å². The molecule has 0 saturated heterocycles. The molecule has 1 aliphatic rings. The van der Waals surface area contributed by atoms with Gasteiger partial charge in [0, 0.05) is 0 Å². The highest BCUT2D eigenvalue weighted by atomic mass is 16.4. The minimum Gasteiger partial charge on any atom is -0.481 e. The lowest BCUT2D eigenvalue weighted by Crippen LogP contribution is -2.36. The standard InChI is InChI=1S/C17H24O3/c1-13-5-7-14(8-6-13)11-15(16(18)19)12-17(20)9-3-2-4-10-17/h5-8,15,20H,2-4,9-12H2,1H3,(H,18,19). The van der Waals surface area contributed by atoms with E-state index < -0.39 is 17.5 Å². The molecule has 1 fully saturated rings. The molecule has 110 valence electrons. The summed E-state index contributed by atoms with van der Waals surface area (Å²) < 4.78 is 0. The predicted molar refractivity (Wildman–Crippen MR) is 78.7 cm³/mol. The van der Waals surface area contributed by atoms with Gasteiger partial charge in [-0.1, -0.05) is 49.1 Å². The molecule has 0 aliphatic heterocycles. The monoisotopic (exact) mass is 276 g/mol. The average molecular weight is 276 g/mol. The molecule has 0 spiro atoms. The van der Waals surface area contributed by atoms with Crippen LogP contribution in [0.2, 0.25) is 0 Å². The van der Waals surface area contributed by atoms with Gasteiger partial charge in [0.05, 0.1) is 11.5 Å². The molecule has 20 heavy (non-hydrogen) atoms. The van der Waals surface area contributed by atoms with Crippen molar-refractivity contribution in [1.29, 1.82) is 0 Å². The zero-order chi connectivity index (χ0) is 14.6. The zero-order valence-corrected chi connectivity index (χ0v) is 12.1. The van der Waals surface area contributed by atoms with Crippen molar-refractivity contribution in [2.75, 3.05) is 0 Å². The van der Waals surface area contributed by atoms with Crippen molar-refractivity contribution in [3.05, 3.63) is 35.4 Å². The third kappa shape index (κ3) is 4.07. The van der Waals surface area contributed by atoms with Crippen LogP contribution in [0.5, 0.6) is 0 Å². The van der Waals surface area contributed by atoms with Crippen LogP contribution in [0.25, 0.3) is 0 Å². The van der Waals surface area contributed by atoms with Crippen LogP contribution in [0.4, 0.5) is 0 Å². The molecule has 0 aromatic heterocycles. The van der Waals surface area contributed by atoms with Gasteiger partial charge in [-0.25, -0.2) is 0 Å². The van der Waals surface area contributed by atoms with Crippen molar-refractivity contribution in [3.63, 3.8) is 0 Å². The number of carbonyl (C=O) groups is 1. The van der Waals surface area contributed by atoms with Gasteiger partial charge in [0.25, 0.3) is 0 Å². The van der Waals surface area contributed by atoms with Crippen LogP contribution in [-0.4, -0.2) is 21.8 Å². The van der Waals surface area contributed by atoms with E-state index in [0.717, 1.165) is 37.7 Å². The first-order chi connectivity index (χ1) is 9.48. The van der Waals surface area contributed by atoms with Gasteiger partial charge in [-0.05, 0) is 38.2 Å². The van der Waals surface area contributed by atoms with Crippen LogP contribution in [0, 0.1) is 12.8 Å². The van der Waals surface area contributed by atoms with Crippen molar-refractivity contribution in [3.8, 4) is 0 Å². The number of aliphatic hydroxyl groups is 1. The molecule has 2 rings (SSSR count). The first-order valence-electron chi connectivity index (χ1n) is 7.49. The van der Waals surface area contributed by atoms with E-state index in [4.69, 9.17) is 0 Å². The van der Waals surface area contributed by atoms with Crippen molar-refractivity contribution >= 4 is 5.97 Å². The molecule has 1 aromatic carbocycles. The molecule has 1 aromatic rings. The molecule has 0 heterocycles. The highest BCUT2D eigenvalue weighted by Crippen LogP contribution is 2.34. The lowest BCUT2D eigenvalue weighted by Gasteiger charge is -2.34. The van der Waals surface area contributed by atoms with Gasteiger partial charge in [-0.3, -0.25) is 4.79 Å². The molecule has 1 unspecified atom stereocenters. The highest BCUT2D eigenvalue weighted by molar-refractivity contribution is 5.70. The second-order valence-corrected chi connectivity index (χ2v) is 6.21. The Kier molecular flexibility index (Phi) is 4.81. The third-order valence-corrected chi connectivity index (χ3v) is 4.36. The van der Waals surface area contributed by atoms with Crippen LogP contribution in [0.1, 0.15) is 49.7 Å². The fourth-order valence-electron chi connectivity index (χ4n) is 3.13. The smallest absolute Gasteiger partial charge is 0.306 e. The lowest BCUT2D eigenvalue weighted by atomic mass is 9.77. The van der Waals surface area contributed by atoms with E-state index in [2.05, 4.69) is 0 Å². The molecule has 3 nitrogen and oxygen atoms in total. The number of aliphatic carboxylic acids is 1. The summed E-state index contributed by atoms with van der Waals surface area (Å²) in [5, 5.41) is 20.0. The van der Waals surface area contributed by atoms with Gasteiger partial charge >= 0.3 is 5.97 Å². The zero-order valence-electron chi connectivity index (χ0n) is 12.1. The van der Waals surface area contributed by atoms with Crippen molar-refractivity contribution in [1.82, 2.24) is 0 Å². The maximum atomic E-state index is 11.5. The van der Waals surface area contributed by atoms with Gasteiger partial charge in [-0.2, -0.15) is 0 Å². The summed E-state index contributed by atoms with van der Waals surface area (Å²) in [5.41, 5.74) is 1.43. The van der Waals surface area contributed by atoms with E-state index in [1.54, 1.807) is 0 Å². The van der Waals surface area contributed by atoms with E-state index in [0.29, 0.717) is 12.8 Å². The summed E-state index contributed by atoms with van der Waals surface area (Å²) in [7, 11) is 0. The number of hydrogen-bond donors (Lipinski definition) is 2. The van der Waals surface area contributed by atoms with E-state index in [9.17, 15) is 15.0 Å². The lowest BCUT2D eigenvalue weighted by molar-refractivity contribution is -0.145. The van der Waals surface area contributed by atoms with Crippen LogP contribution >= 0.6 is 0 Å². The minimum atomic E-state index is -0.801. The molecule has 0 amide bonds. The average Bonchev–Trinajstić information content (AvgIpc) is 2.41. The van der Waals surface area contributed by atoms with Crippen molar-refractivity contribution in [2.24, 2.45) is 5.92 Å². The Morgan fingerprint density at radius 2 is 1.80 bits per heavy atom. The van der Waals surface area contributed by atoms with E-state index >= 15 is 0 Å². The molecule has 0 bridgehead atoms. The fraction of sp³-hybridized carbons (Fsp3) is 0.588. The summed E-state index contributed by atoms with van der Waals surface area (Å²) >= 11 is 0. The van der Waals surface area contributed by atoms with Gasteiger partial charge in [-0.15, -0.1) is 0 Å². The Labute approximate surface area is 120 Å². The normalized spacial score (nSPS) is 19.5. The molecule has 1 saturated carbocycles. The quantitative estimate of drug-likeness (QED) is 0.867. The van der Waals surface area contributed by atoms with Crippen LogP contribution in [-0.2, 0) is 11.2 Å². The van der Waals surface area contributed by atoms with Crippen molar-refractivity contribution in [2.45, 2.75) is 57.5 Å². The summed E-state index contributed by atoms with van der Waals surface area (Å²) in [5.74, 6) is -1.30.